The molecular weight excluding hydrogens is 357 g/mol. The molecule has 0 spiro atoms. The molecule has 0 amide bonds. The molecule has 0 fully saturated rings. The predicted molar refractivity (Wildman–Crippen MR) is 101 cm³/mol. The van der Waals surface area contributed by atoms with E-state index in [1.807, 2.05) is 21.1 Å². The van der Waals surface area contributed by atoms with E-state index in [0.29, 0.717) is 24.1 Å². The van der Waals surface area contributed by atoms with Gasteiger partial charge < -0.3 is 23.2 Å². The summed E-state index contributed by atoms with van der Waals surface area (Å²) < 4.78 is 26.8. The fourth-order valence-corrected chi connectivity index (χ4v) is 2.87. The van der Waals surface area contributed by atoms with Crippen LogP contribution in [0, 0.1) is 0 Å². The van der Waals surface area contributed by atoms with Crippen LogP contribution in [-0.2, 0) is 23.1 Å². The Bertz CT molecular complexity index is 436. The number of hydrogen-bond acceptors (Lipinski definition) is 6. The fraction of sp³-hybridized carbons (Fsp3) is 0.833. The van der Waals surface area contributed by atoms with Gasteiger partial charge in [0.05, 0.1) is 34.4 Å². The summed E-state index contributed by atoms with van der Waals surface area (Å²) in [4.78, 5) is 22.4. The second kappa shape index (κ2) is 14.4. The van der Waals surface area contributed by atoms with Crippen LogP contribution in [0.5, 0.6) is 0 Å². The fourth-order valence-electron chi connectivity index (χ4n) is 2.14. The zero-order chi connectivity index (χ0) is 19.9. The summed E-state index contributed by atoms with van der Waals surface area (Å²) in [5.41, 5.74) is 0. The third-order valence-electron chi connectivity index (χ3n) is 3.71. The second-order valence-electron chi connectivity index (χ2n) is 7.33. The summed E-state index contributed by atoms with van der Waals surface area (Å²) in [5.74, 6) is -0.367. The first kappa shape index (κ1) is 25.3. The minimum atomic E-state index is -4.17. The molecule has 0 aromatic rings. The molecule has 0 aliphatic carbocycles. The van der Waals surface area contributed by atoms with Crippen LogP contribution in [0.4, 0.5) is 0 Å². The van der Waals surface area contributed by atoms with Gasteiger partial charge in [-0.3, -0.25) is 4.57 Å². The first-order chi connectivity index (χ1) is 12.2. The highest BCUT2D eigenvalue weighted by Crippen LogP contribution is 2.38. The van der Waals surface area contributed by atoms with Crippen molar-refractivity contribution in [1.82, 2.24) is 0 Å². The normalized spacial score (nSPS) is 14.0. The standard InChI is InChI=1S/C18H36NO6P/c1-5-18(20)23-15-12-10-8-6-7-9-11-13-16-24-26(21,22)25-17-14-19(2,3)4/h5H,1,6-17H2,2-4H3. The van der Waals surface area contributed by atoms with Crippen molar-refractivity contribution < 1.29 is 32.5 Å². The lowest BCUT2D eigenvalue weighted by Crippen LogP contribution is -2.37. The third-order valence-corrected chi connectivity index (χ3v) is 4.71. The molecule has 0 heterocycles. The number of unbranched alkanes of at least 4 members (excludes halogenated alkanes) is 7. The van der Waals surface area contributed by atoms with Gasteiger partial charge in [-0.1, -0.05) is 45.1 Å². The summed E-state index contributed by atoms with van der Waals surface area (Å²) in [6, 6.07) is 0. The summed E-state index contributed by atoms with van der Waals surface area (Å²) in [7, 11) is 1.74. The number of ether oxygens (including phenoxy) is 1. The molecule has 0 saturated carbocycles. The Balaban J connectivity index is 3.40. The molecule has 1 atom stereocenters. The SMILES string of the molecule is C=CC(=O)OCCCCCCCCCCOP(=O)([O-])OCC[N+](C)(C)C. The average Bonchev–Trinajstić information content (AvgIpc) is 2.54. The van der Waals surface area contributed by atoms with Crippen LogP contribution in [0.15, 0.2) is 12.7 Å². The van der Waals surface area contributed by atoms with Crippen LogP contribution in [0.3, 0.4) is 0 Å². The van der Waals surface area contributed by atoms with Gasteiger partial charge in [-0.15, -0.1) is 0 Å². The molecule has 8 heteroatoms. The van der Waals surface area contributed by atoms with Gasteiger partial charge in [0.1, 0.15) is 13.2 Å². The van der Waals surface area contributed by atoms with Crippen LogP contribution in [0.1, 0.15) is 51.4 Å². The Labute approximate surface area is 158 Å². The number of carbonyl (C=O) groups is 1. The minimum Gasteiger partial charge on any atom is -0.756 e. The molecule has 0 bridgehead atoms. The first-order valence-corrected chi connectivity index (χ1v) is 10.8. The Hall–Kier alpha value is -0.720. The highest BCUT2D eigenvalue weighted by atomic mass is 31.2. The number of esters is 1. The number of quaternary nitrogens is 1. The van der Waals surface area contributed by atoms with E-state index in [9.17, 15) is 14.3 Å². The molecule has 154 valence electrons. The van der Waals surface area contributed by atoms with Gasteiger partial charge >= 0.3 is 5.97 Å². The van der Waals surface area contributed by atoms with Crippen molar-refractivity contribution in [3.05, 3.63) is 12.7 Å². The Morgan fingerprint density at radius 2 is 1.38 bits per heavy atom. The summed E-state index contributed by atoms with van der Waals surface area (Å²) in [6.45, 7) is 4.71. The van der Waals surface area contributed by atoms with Crippen LogP contribution in [-0.4, -0.2) is 58.0 Å². The average molecular weight is 393 g/mol. The lowest BCUT2D eigenvalue weighted by molar-refractivity contribution is -0.870. The maximum atomic E-state index is 11.6. The molecule has 0 radical (unpaired) electrons. The number of rotatable bonds is 17. The largest absolute Gasteiger partial charge is 0.756 e. The number of phosphoric acid groups is 1. The highest BCUT2D eigenvalue weighted by molar-refractivity contribution is 7.45. The van der Waals surface area contributed by atoms with E-state index in [4.69, 9.17) is 13.8 Å². The van der Waals surface area contributed by atoms with Gasteiger partial charge in [0, 0.05) is 6.08 Å². The molecule has 0 rings (SSSR count). The quantitative estimate of drug-likeness (QED) is 0.124. The molecule has 7 nitrogen and oxygen atoms in total. The van der Waals surface area contributed by atoms with Crippen molar-refractivity contribution >= 4 is 13.8 Å². The smallest absolute Gasteiger partial charge is 0.330 e. The van der Waals surface area contributed by atoms with Crippen molar-refractivity contribution in [2.24, 2.45) is 0 Å². The molecule has 0 N–H and O–H groups in total. The first-order valence-electron chi connectivity index (χ1n) is 9.36. The zero-order valence-electron chi connectivity index (χ0n) is 16.6. The number of carbonyl (C=O) groups excluding carboxylic acids is 1. The topological polar surface area (TPSA) is 84.9 Å². The number of phosphoric ester groups is 1. The Kier molecular flexibility index (Phi) is 14.0. The zero-order valence-corrected chi connectivity index (χ0v) is 17.5. The van der Waals surface area contributed by atoms with Gasteiger partial charge in [0.25, 0.3) is 7.82 Å². The van der Waals surface area contributed by atoms with E-state index in [0.717, 1.165) is 44.9 Å². The lowest BCUT2D eigenvalue weighted by atomic mass is 10.1. The van der Waals surface area contributed by atoms with Crippen molar-refractivity contribution in [1.29, 1.82) is 0 Å². The monoisotopic (exact) mass is 393 g/mol. The molecule has 0 aliphatic heterocycles. The van der Waals surface area contributed by atoms with E-state index in [-0.39, 0.29) is 19.2 Å². The molecule has 26 heavy (non-hydrogen) atoms. The maximum absolute atomic E-state index is 11.6. The minimum absolute atomic E-state index is 0.136. The third kappa shape index (κ3) is 18.1. The van der Waals surface area contributed by atoms with Gasteiger partial charge in [-0.2, -0.15) is 0 Å². The van der Waals surface area contributed by atoms with Crippen molar-refractivity contribution in [3.63, 3.8) is 0 Å². The summed E-state index contributed by atoms with van der Waals surface area (Å²) in [6.07, 6.45) is 9.15. The van der Waals surface area contributed by atoms with E-state index in [2.05, 4.69) is 6.58 Å². The summed E-state index contributed by atoms with van der Waals surface area (Å²) in [5, 5.41) is 0. The van der Waals surface area contributed by atoms with E-state index in [1.54, 1.807) is 0 Å². The van der Waals surface area contributed by atoms with Gasteiger partial charge in [0.2, 0.25) is 0 Å². The van der Waals surface area contributed by atoms with E-state index < -0.39 is 7.82 Å². The van der Waals surface area contributed by atoms with E-state index in [1.165, 1.54) is 6.08 Å². The lowest BCUT2D eigenvalue weighted by Gasteiger charge is -2.27. The molecule has 0 aromatic carbocycles. The summed E-state index contributed by atoms with van der Waals surface area (Å²) >= 11 is 0. The van der Waals surface area contributed by atoms with Gasteiger partial charge in [-0.05, 0) is 12.8 Å². The van der Waals surface area contributed by atoms with Crippen LogP contribution < -0.4 is 4.89 Å². The Morgan fingerprint density at radius 3 is 1.88 bits per heavy atom. The Morgan fingerprint density at radius 1 is 0.923 bits per heavy atom. The van der Waals surface area contributed by atoms with Crippen LogP contribution >= 0.6 is 7.82 Å². The van der Waals surface area contributed by atoms with Crippen molar-refractivity contribution in [2.45, 2.75) is 51.4 Å². The highest BCUT2D eigenvalue weighted by Gasteiger charge is 2.12. The molecule has 0 aromatic heterocycles. The van der Waals surface area contributed by atoms with E-state index >= 15 is 0 Å². The van der Waals surface area contributed by atoms with Gasteiger partial charge in [0.15, 0.2) is 0 Å². The molecule has 0 saturated heterocycles. The predicted octanol–water partition coefficient (Wildman–Crippen LogP) is 3.04. The molecule has 0 aliphatic rings. The van der Waals surface area contributed by atoms with Crippen LogP contribution in [0.2, 0.25) is 0 Å². The molecule has 1 unspecified atom stereocenters. The number of likely N-dealkylation sites (N-methyl/N-ethyl adjacent to an activating group) is 1. The van der Waals surface area contributed by atoms with Crippen molar-refractivity contribution in [2.75, 3.05) is 47.5 Å². The van der Waals surface area contributed by atoms with Crippen LogP contribution in [0.25, 0.3) is 0 Å². The number of hydrogen-bond donors (Lipinski definition) is 0. The van der Waals surface area contributed by atoms with Gasteiger partial charge in [-0.25, -0.2) is 4.79 Å². The second-order valence-corrected chi connectivity index (χ2v) is 8.74. The van der Waals surface area contributed by atoms with Crippen molar-refractivity contribution in [3.8, 4) is 0 Å². The molecular formula is C18H36NO6P. The number of nitrogens with zero attached hydrogens (tertiary/aromatic N) is 1. The maximum Gasteiger partial charge on any atom is 0.330 e.